The van der Waals surface area contributed by atoms with E-state index in [1.807, 2.05) is 108 Å². The number of hydrogen-bond acceptors (Lipinski definition) is 1. The number of hydrogen-bond donors (Lipinski definition) is 0. The molecule has 0 fully saturated rings. The molecule has 0 amide bonds. The minimum atomic E-state index is -4.45. The molecule has 0 radical (unpaired) electrons. The first kappa shape index (κ1) is 98.7. The summed E-state index contributed by atoms with van der Waals surface area (Å²) in [4.78, 5) is 13.5. The van der Waals surface area contributed by atoms with Crippen LogP contribution < -0.4 is 4.74 Å². The van der Waals surface area contributed by atoms with Gasteiger partial charge in [-0.3, -0.25) is 0 Å². The maximum absolute atomic E-state index is 13.7. The van der Waals surface area contributed by atoms with E-state index in [2.05, 4.69) is 209 Å². The van der Waals surface area contributed by atoms with Crippen molar-refractivity contribution in [2.45, 2.75) is 119 Å². The third-order valence-corrected chi connectivity index (χ3v) is 38.6. The van der Waals surface area contributed by atoms with Gasteiger partial charge in [0.05, 0.1) is 88.3 Å². The Balaban J connectivity index is 0.000000119. The third-order valence-electron chi connectivity index (χ3n) is 22.0. The smallest absolute Gasteiger partial charge is 0.416 e. The van der Waals surface area contributed by atoms with Gasteiger partial charge in [-0.15, -0.1) is 0 Å². The first-order valence-electron chi connectivity index (χ1n) is 42.0. The molecular weight excluding hydrogens is 2210 g/mol. The van der Waals surface area contributed by atoms with Crippen molar-refractivity contribution >= 4 is 133 Å². The average Bonchev–Trinajstić information content (AvgIpc) is 1.50. The first-order valence-corrected chi connectivity index (χ1v) is 52.7. The van der Waals surface area contributed by atoms with Gasteiger partial charge in [0.25, 0.3) is 0 Å². The van der Waals surface area contributed by atoms with Crippen LogP contribution in [0, 0.1) is 68.9 Å². The van der Waals surface area contributed by atoms with E-state index < -0.39 is 80.2 Å². The van der Waals surface area contributed by atoms with Crippen molar-refractivity contribution < 1.29 is 75.0 Å². The minimum Gasteiger partial charge on any atom is -0.475 e. The van der Waals surface area contributed by atoms with Crippen molar-refractivity contribution in [2.75, 3.05) is 0 Å². The van der Waals surface area contributed by atoms with Crippen LogP contribution in [0.1, 0.15) is 34.1 Å². The fraction of sp³-hybridized carbons (Fsp3) is 0.0727. The van der Waals surface area contributed by atoms with Crippen LogP contribution in [0.3, 0.4) is 0 Å². The maximum Gasteiger partial charge on any atom is 0.416 e. The van der Waals surface area contributed by atoms with Gasteiger partial charge in [-0.1, -0.05) is 115 Å². The van der Waals surface area contributed by atoms with Gasteiger partial charge in [0, 0.05) is 46.1 Å². The number of halogens is 19. The Kier molecular flexibility index (Phi) is 32.4. The number of rotatable bonds is 12. The average molecular weight is 2290 g/mol. The molecule has 3 heterocycles. The van der Waals surface area contributed by atoms with E-state index >= 15 is 0 Å². The van der Waals surface area contributed by atoms with Crippen LogP contribution in [0.5, 0.6) is 5.75 Å². The fourth-order valence-corrected chi connectivity index (χ4v) is 31.1. The van der Waals surface area contributed by atoms with Crippen molar-refractivity contribution in [2.24, 2.45) is 0 Å². The van der Waals surface area contributed by atoms with E-state index in [1.54, 1.807) is 60.7 Å². The molecule has 3 aliphatic carbocycles. The highest BCUT2D eigenvalue weighted by Gasteiger charge is 2.52. The first-order chi connectivity index (χ1) is 65.6. The lowest BCUT2D eigenvalue weighted by Crippen LogP contribution is -2.40. The topological polar surface area (TPSA) is 9.23 Å². The summed E-state index contributed by atoms with van der Waals surface area (Å²) in [7, 11) is -2.54. The van der Waals surface area contributed by atoms with Gasteiger partial charge >= 0.3 is 12.4 Å². The van der Waals surface area contributed by atoms with Gasteiger partial charge in [-0.25, -0.2) is 43.9 Å². The van der Waals surface area contributed by atoms with Gasteiger partial charge in [-0.2, -0.15) is 26.3 Å². The Morgan fingerprint density at radius 1 is 0.250 bits per heavy atom. The van der Waals surface area contributed by atoms with Crippen molar-refractivity contribution in [1.82, 2.24) is 0 Å². The predicted molar refractivity (Wildman–Crippen MR) is 539 cm³/mol. The predicted octanol–water partition coefficient (Wildman–Crippen LogP) is 32.2. The molecule has 684 valence electrons. The van der Waals surface area contributed by atoms with Gasteiger partial charge < -0.3 is 4.74 Å². The molecule has 9 unspecified atom stereocenters. The van der Waals surface area contributed by atoms with Crippen LogP contribution >= 0.6 is 67.8 Å². The molecule has 26 heteroatoms. The van der Waals surface area contributed by atoms with Crippen molar-refractivity contribution in [3.8, 4) is 5.75 Å². The summed E-state index contributed by atoms with van der Waals surface area (Å²) in [6, 6.07) is 98.4. The molecule has 3 aliphatic heterocycles. The summed E-state index contributed by atoms with van der Waals surface area (Å²) < 4.78 is 221. The molecule has 1 nitrogen and oxygen atoms in total. The second kappa shape index (κ2) is 44.7. The number of fused-ring (bicyclic) bond motifs is 8. The molecule has 6 aliphatic rings. The highest BCUT2D eigenvalue weighted by Crippen LogP contribution is 2.51. The number of alkyl halides is 6. The highest BCUT2D eigenvalue weighted by molar-refractivity contribution is 14.1. The Labute approximate surface area is 834 Å². The monoisotopic (exact) mass is 2290 g/mol. The zero-order valence-electron chi connectivity index (χ0n) is 70.8. The van der Waals surface area contributed by atoms with Gasteiger partial charge in [0.2, 0.25) is 4.90 Å². The minimum absolute atomic E-state index is 0.00488. The van der Waals surface area contributed by atoms with Crippen molar-refractivity contribution in [3.63, 3.8) is 0 Å². The lowest BCUT2D eigenvalue weighted by molar-refractivity contribution is -0.138. The Morgan fingerprint density at radius 3 is 0.868 bits per heavy atom. The molecule has 0 saturated carbocycles. The molecule has 0 bridgehead atoms. The van der Waals surface area contributed by atoms with Crippen LogP contribution in [0.25, 0.3) is 0 Å². The second-order valence-electron chi connectivity index (χ2n) is 30.7. The Hall–Kier alpha value is -10.3. The highest BCUT2D eigenvalue weighted by atomic mass is 127. The zero-order valence-corrected chi connectivity index (χ0v) is 82.2. The van der Waals surface area contributed by atoms with E-state index in [0.29, 0.717) is 37.0 Å². The van der Waals surface area contributed by atoms with E-state index in [1.165, 1.54) is 96.3 Å². The van der Waals surface area contributed by atoms with E-state index in [-0.39, 0.29) is 88.0 Å². The maximum atomic E-state index is 13.7. The van der Waals surface area contributed by atoms with E-state index in [9.17, 15) is 70.2 Å². The summed E-state index contributed by atoms with van der Waals surface area (Å²) in [5.41, 5.74) is 1.40. The van der Waals surface area contributed by atoms with E-state index in [0.717, 1.165) is 89.5 Å². The lowest BCUT2D eigenvalue weighted by atomic mass is 9.93. The van der Waals surface area contributed by atoms with Crippen LogP contribution in [-0.2, 0) is 77.7 Å². The van der Waals surface area contributed by atoms with Crippen LogP contribution in [0.4, 0.5) is 70.2 Å². The summed E-state index contributed by atoms with van der Waals surface area (Å²) in [6.07, 6.45) is 17.6. The summed E-state index contributed by atoms with van der Waals surface area (Å²) in [5, 5.41) is 1.35. The fourth-order valence-electron chi connectivity index (χ4n) is 15.8. The SMILES string of the molecule is C1=CC2c3ccccc3[S+](c3ccccc3)C2C=C1.FC(F)(F)c1ccc([S+](c2ccc(I)cc2)c2ccc(C(F)(F)F)cc2)cc1.Fc1cc([S+](c2ccc(I)cc2)c2cc(F)c(F)c(F)c2)cc(F)c1F.Fc1ccc([S+](c2ccc(F)cc2)c2ccc(I)cc2)cc1.Fc1ccc([S+]2c3ccccc3C3C=CC=CC32)cc1.Fc1ccc([S+]2c3ccccc3OC3C=CC=CC32)cc1. The van der Waals surface area contributed by atoms with Gasteiger partial charge in [0.15, 0.2) is 131 Å². The Morgan fingerprint density at radius 2 is 0.515 bits per heavy atom. The quantitative estimate of drug-likeness (QED) is 0.0513. The second-order valence-corrected chi connectivity index (χ2v) is 46.9. The molecule has 15 aromatic carbocycles. The third kappa shape index (κ3) is 23.5. The zero-order chi connectivity index (χ0) is 95.5. The number of ether oxygens (including phenoxy) is 1. The van der Waals surface area contributed by atoms with Crippen LogP contribution in [-0.4, -0.2) is 21.9 Å². The number of para-hydroxylation sites is 1. The lowest BCUT2D eigenvalue weighted by Gasteiger charge is -2.30. The van der Waals surface area contributed by atoms with Crippen molar-refractivity contribution in [1.29, 1.82) is 0 Å². The normalized spacial score (nSPS) is 18.1. The molecule has 0 N–H and O–H groups in total. The summed E-state index contributed by atoms with van der Waals surface area (Å²) in [6.45, 7) is 0. The van der Waals surface area contributed by atoms with Crippen LogP contribution in [0.15, 0.2) is 492 Å². The van der Waals surface area contributed by atoms with E-state index in [4.69, 9.17) is 4.74 Å². The molecule has 21 rings (SSSR count). The molecule has 0 aromatic heterocycles. The number of benzene rings is 15. The standard InChI is InChI=1S/C20H12F6IS.C18H8F6IS.C18H12F2IS.C18H14FOS.C18H14FS.C18H15S/c21-19(22,23)13-1-7-16(8-2-13)28(18-11-5-15(27)6-12-18)17-9-3-14(4-10-17)20(24,25)26;19-13-5-11(6-14(20)17(13)23)26(10-3-1-9(25)2-4-10)12-7-15(21)18(24)16(22)8-12;19-13-1-7-16(8-2-13)22(17-9-3-14(20)4-10-17)18-11-5-15(21)6-12-18;19-13-9-11-14(12-10-13)21-17-7-3-1-5-15(17)20-16-6-2-4-8-18(16)21;19-13-9-11-14(12-10-13)20-17-7-3-1-5-15(17)16-6-2-4-8-18(16)20;1-2-8-14(9-3-1)19-17-12-6-4-10-15(17)16-11-5-7-13-18(16)19/h1-12H;1-8H;1-12H;1-12,15,17H;1-12,15,17H;1-13,15,17H/q6*+1. The molecule has 0 spiro atoms. The molecule has 136 heavy (non-hydrogen) atoms. The molecule has 0 saturated heterocycles. The summed E-state index contributed by atoms with van der Waals surface area (Å²) in [5.74, 6) is -7.90. The summed E-state index contributed by atoms with van der Waals surface area (Å²) >= 11 is 6.43. The molecule has 15 aromatic rings. The molecular formula is C110H75F16I3OS6+6. The molecule has 9 atom stereocenters. The Bertz CT molecular complexity index is 6610. The number of allylic oxidation sites excluding steroid dienone is 8. The van der Waals surface area contributed by atoms with Gasteiger partial charge in [-0.05, 0) is 347 Å². The largest absolute Gasteiger partial charge is 0.475 e. The van der Waals surface area contributed by atoms with Crippen molar-refractivity contribution in [3.05, 3.63) is 510 Å². The van der Waals surface area contributed by atoms with Crippen LogP contribution in [0.2, 0.25) is 0 Å². The van der Waals surface area contributed by atoms with Gasteiger partial charge in [0.1, 0.15) is 23.3 Å².